The van der Waals surface area contributed by atoms with Gasteiger partial charge in [-0.25, -0.2) is 8.42 Å². The van der Waals surface area contributed by atoms with Gasteiger partial charge in [0.15, 0.2) is 5.82 Å². The normalized spacial score (nSPS) is 12.0. The Balaban J connectivity index is 2.21. The van der Waals surface area contributed by atoms with E-state index in [0.717, 1.165) is 19.9 Å². The van der Waals surface area contributed by atoms with Crippen molar-refractivity contribution in [3.05, 3.63) is 26.2 Å². The van der Waals surface area contributed by atoms with Crippen molar-refractivity contribution in [3.63, 3.8) is 0 Å². The summed E-state index contributed by atoms with van der Waals surface area (Å²) in [5.41, 5.74) is 6.50. The van der Waals surface area contributed by atoms with E-state index in [-0.39, 0.29) is 16.9 Å². The van der Waals surface area contributed by atoms with Crippen LogP contribution >= 0.6 is 38.5 Å². The number of nitrogens with zero attached hydrogens (tertiary/aromatic N) is 5. The second kappa shape index (κ2) is 5.38. The van der Waals surface area contributed by atoms with Crippen LogP contribution in [0.1, 0.15) is 0 Å². The van der Waals surface area contributed by atoms with Crippen LogP contribution in [-0.4, -0.2) is 39.2 Å². The van der Waals surface area contributed by atoms with Gasteiger partial charge in [0.1, 0.15) is 0 Å². The van der Waals surface area contributed by atoms with E-state index in [4.69, 9.17) is 5.73 Å². The molecule has 0 aliphatic heterocycles. The summed E-state index contributed by atoms with van der Waals surface area (Å²) in [5, 5.41) is 3.85. The van der Waals surface area contributed by atoms with Crippen LogP contribution in [0.15, 0.2) is 27.8 Å². The highest BCUT2D eigenvalue weighted by Gasteiger charge is 2.17. The van der Waals surface area contributed by atoms with E-state index in [1.54, 1.807) is 0 Å². The average Bonchev–Trinajstić information content (AvgIpc) is 2.85. The van der Waals surface area contributed by atoms with Crippen molar-refractivity contribution in [2.24, 2.45) is 0 Å². The van der Waals surface area contributed by atoms with Crippen LogP contribution in [0.4, 0.5) is 5.95 Å². The number of halogens is 2. The van der Waals surface area contributed by atoms with Crippen molar-refractivity contribution in [2.75, 3.05) is 12.0 Å². The summed E-state index contributed by atoms with van der Waals surface area (Å²) in [6, 6.07) is 5.60. The number of nitrogens with two attached hydrogens (primary N) is 1. The summed E-state index contributed by atoms with van der Waals surface area (Å²) >= 11 is 5.59. The van der Waals surface area contributed by atoms with Crippen LogP contribution in [0.5, 0.6) is 0 Å². The molecule has 0 amide bonds. The zero-order valence-corrected chi connectivity index (χ0v) is 15.6. The monoisotopic (exact) mass is 494 g/mol. The number of fused-ring (bicyclic) bond motifs is 1. The minimum Gasteiger partial charge on any atom is -0.368 e. The maximum absolute atomic E-state index is 11.5. The van der Waals surface area contributed by atoms with Crippen molar-refractivity contribution >= 4 is 60.1 Å². The summed E-state index contributed by atoms with van der Waals surface area (Å²) < 4.78 is 26.2. The summed E-state index contributed by atoms with van der Waals surface area (Å²) in [7, 11) is -3.58. The molecule has 11 heteroatoms. The molecule has 1 aromatic carbocycles. The van der Waals surface area contributed by atoms with E-state index in [9.17, 15) is 8.42 Å². The minimum absolute atomic E-state index is 0.0841. The Morgan fingerprint density at radius 2 is 2.00 bits per heavy atom. The molecule has 0 atom stereocenters. The fourth-order valence-electron chi connectivity index (χ4n) is 1.71. The standard InChI is InChI=1S/C11H8BrIN6O2S/c1-22(20,21)11-16-9(14)19-10(17-11)15-8(18-19)5-2-3-6(12)7(13)4-5/h2-4H,1H3,(H2,14,15,16,17,18). The van der Waals surface area contributed by atoms with Gasteiger partial charge >= 0.3 is 0 Å². The fraction of sp³-hybridized carbons (Fsp3) is 0.0909. The molecule has 2 N–H and O–H groups in total. The number of hydrogen-bond acceptors (Lipinski definition) is 7. The number of anilines is 1. The third-order valence-electron chi connectivity index (χ3n) is 2.72. The maximum Gasteiger partial charge on any atom is 0.258 e. The number of nitrogen functional groups attached to an aromatic ring is 1. The molecule has 0 bridgehead atoms. The Bertz CT molecular complexity index is 1000. The third kappa shape index (κ3) is 2.79. The number of rotatable bonds is 2. The predicted molar refractivity (Wildman–Crippen MR) is 92.0 cm³/mol. The van der Waals surface area contributed by atoms with Crippen LogP contribution in [0.25, 0.3) is 17.2 Å². The molecule has 2 aromatic heterocycles. The van der Waals surface area contributed by atoms with Crippen LogP contribution in [0.2, 0.25) is 0 Å². The topological polar surface area (TPSA) is 116 Å². The van der Waals surface area contributed by atoms with E-state index >= 15 is 0 Å². The lowest BCUT2D eigenvalue weighted by Gasteiger charge is -1.99. The lowest BCUT2D eigenvalue weighted by molar-refractivity contribution is 0.592. The Kier molecular flexibility index (Phi) is 3.81. The summed E-state index contributed by atoms with van der Waals surface area (Å²) in [4.78, 5) is 11.9. The minimum atomic E-state index is -3.58. The predicted octanol–water partition coefficient (Wildman–Crippen LogP) is 1.54. The Morgan fingerprint density at radius 1 is 1.27 bits per heavy atom. The summed E-state index contributed by atoms with van der Waals surface area (Å²) in [5.74, 6) is 0.383. The van der Waals surface area contributed by atoms with Gasteiger partial charge in [-0.3, -0.25) is 0 Å². The highest BCUT2D eigenvalue weighted by molar-refractivity contribution is 14.1. The molecule has 0 unspecified atom stereocenters. The summed E-state index contributed by atoms with van der Waals surface area (Å²) in [6.07, 6.45) is 1.01. The van der Waals surface area contributed by atoms with Crippen molar-refractivity contribution in [3.8, 4) is 11.4 Å². The smallest absolute Gasteiger partial charge is 0.258 e. The Labute approximate surface area is 147 Å². The van der Waals surface area contributed by atoms with Gasteiger partial charge < -0.3 is 5.73 Å². The van der Waals surface area contributed by atoms with Crippen molar-refractivity contribution in [1.29, 1.82) is 0 Å². The van der Waals surface area contributed by atoms with Crippen molar-refractivity contribution in [1.82, 2.24) is 24.6 Å². The maximum atomic E-state index is 11.5. The largest absolute Gasteiger partial charge is 0.368 e. The lowest BCUT2D eigenvalue weighted by Crippen LogP contribution is -2.11. The molecule has 0 radical (unpaired) electrons. The van der Waals surface area contributed by atoms with Gasteiger partial charge in [0, 0.05) is 19.9 Å². The fourth-order valence-corrected chi connectivity index (χ4v) is 2.98. The molecule has 3 rings (SSSR count). The third-order valence-corrected chi connectivity index (χ3v) is 5.89. The van der Waals surface area contributed by atoms with Crippen molar-refractivity contribution in [2.45, 2.75) is 5.16 Å². The second-order valence-electron chi connectivity index (χ2n) is 4.41. The van der Waals surface area contributed by atoms with Gasteiger partial charge in [0.2, 0.25) is 15.8 Å². The lowest BCUT2D eigenvalue weighted by atomic mass is 10.2. The molecule has 0 spiro atoms. The quantitative estimate of drug-likeness (QED) is 0.537. The Hall–Kier alpha value is -1.34. The van der Waals surface area contributed by atoms with Gasteiger partial charge in [0.25, 0.3) is 10.9 Å². The first-order valence-corrected chi connectivity index (χ1v) is 9.58. The molecule has 0 fully saturated rings. The van der Waals surface area contributed by atoms with Crippen LogP contribution in [0, 0.1) is 3.57 Å². The van der Waals surface area contributed by atoms with E-state index in [1.165, 1.54) is 4.52 Å². The molecular weight excluding hydrogens is 487 g/mol. The average molecular weight is 495 g/mol. The SMILES string of the molecule is CS(=O)(=O)c1nc(N)n2nc(-c3ccc(Br)c(I)c3)nc2n1. The van der Waals surface area contributed by atoms with Crippen LogP contribution < -0.4 is 5.73 Å². The summed E-state index contributed by atoms with van der Waals surface area (Å²) in [6.45, 7) is 0. The zero-order valence-electron chi connectivity index (χ0n) is 11.0. The molecule has 114 valence electrons. The molecule has 22 heavy (non-hydrogen) atoms. The van der Waals surface area contributed by atoms with Crippen LogP contribution in [0.3, 0.4) is 0 Å². The Morgan fingerprint density at radius 3 is 2.64 bits per heavy atom. The van der Waals surface area contributed by atoms with Gasteiger partial charge in [-0.15, -0.1) is 5.10 Å². The molecular formula is C11H8BrIN6O2S. The second-order valence-corrected chi connectivity index (χ2v) is 8.34. The van der Waals surface area contributed by atoms with E-state index in [1.807, 2.05) is 18.2 Å². The van der Waals surface area contributed by atoms with Gasteiger partial charge in [-0.1, -0.05) is 0 Å². The van der Waals surface area contributed by atoms with Gasteiger partial charge in [0.05, 0.1) is 0 Å². The number of benzene rings is 1. The zero-order chi connectivity index (χ0) is 16.1. The van der Waals surface area contributed by atoms with E-state index in [2.05, 4.69) is 58.6 Å². The number of aromatic nitrogens is 5. The molecule has 2 heterocycles. The first-order chi connectivity index (χ1) is 10.3. The van der Waals surface area contributed by atoms with Crippen LogP contribution in [-0.2, 0) is 9.84 Å². The molecule has 8 nitrogen and oxygen atoms in total. The molecule has 0 saturated heterocycles. The van der Waals surface area contributed by atoms with Crippen molar-refractivity contribution < 1.29 is 8.42 Å². The molecule has 0 saturated carbocycles. The highest BCUT2D eigenvalue weighted by atomic mass is 127. The number of sulfone groups is 1. The van der Waals surface area contributed by atoms with E-state index in [0.29, 0.717) is 5.82 Å². The van der Waals surface area contributed by atoms with Gasteiger partial charge in [-0.05, 0) is 56.7 Å². The first-order valence-electron chi connectivity index (χ1n) is 5.81. The number of hydrogen-bond donors (Lipinski definition) is 1. The first kappa shape index (κ1) is 15.6. The highest BCUT2D eigenvalue weighted by Crippen LogP contribution is 2.25. The van der Waals surface area contributed by atoms with Gasteiger partial charge in [-0.2, -0.15) is 19.5 Å². The molecule has 3 aromatic rings. The molecule has 0 aliphatic rings. The van der Waals surface area contributed by atoms with E-state index < -0.39 is 9.84 Å². The molecule has 0 aliphatic carbocycles.